The van der Waals surface area contributed by atoms with Crippen LogP contribution in [-0.4, -0.2) is 10.1 Å². The summed E-state index contributed by atoms with van der Waals surface area (Å²) >= 11 is 0. The van der Waals surface area contributed by atoms with Crippen molar-refractivity contribution < 1.29 is 14.3 Å². The van der Waals surface area contributed by atoms with Crippen LogP contribution < -0.4 is 4.74 Å². The largest absolute Gasteiger partial charge is 0.469 e. The van der Waals surface area contributed by atoms with E-state index in [0.29, 0.717) is 18.2 Å². The van der Waals surface area contributed by atoms with Crippen LogP contribution in [0.15, 0.2) is 41.0 Å². The number of aromatic nitrogens is 1. The summed E-state index contributed by atoms with van der Waals surface area (Å²) in [6.07, 6.45) is 1.59. The van der Waals surface area contributed by atoms with Crippen molar-refractivity contribution in [3.8, 4) is 5.88 Å². The van der Waals surface area contributed by atoms with Crippen molar-refractivity contribution in [1.29, 1.82) is 0 Å². The molecule has 2 aromatic heterocycles. The Morgan fingerprint density at radius 1 is 1.27 bits per heavy atom. The third-order valence-electron chi connectivity index (χ3n) is 1.89. The van der Waals surface area contributed by atoms with Gasteiger partial charge in [-0.15, -0.1) is 0 Å². The van der Waals surface area contributed by atoms with Gasteiger partial charge in [0.05, 0.1) is 18.6 Å². The first-order chi connectivity index (χ1) is 7.38. The summed E-state index contributed by atoms with van der Waals surface area (Å²) in [4.78, 5) is 4.08. The van der Waals surface area contributed by atoms with E-state index in [1.54, 1.807) is 30.5 Å². The summed E-state index contributed by atoms with van der Waals surface area (Å²) in [5, 5.41) is 8.88. The van der Waals surface area contributed by atoms with E-state index < -0.39 is 0 Å². The predicted octanol–water partition coefficient (Wildman–Crippen LogP) is 1.75. The molecule has 0 aliphatic heterocycles. The van der Waals surface area contributed by atoms with Crippen molar-refractivity contribution in [2.75, 3.05) is 0 Å². The maximum atomic E-state index is 8.88. The fourth-order valence-corrected chi connectivity index (χ4v) is 1.17. The van der Waals surface area contributed by atoms with E-state index in [1.807, 2.05) is 6.07 Å². The first kappa shape index (κ1) is 9.73. The standard InChI is InChI=1S/C11H11NO3/c13-7-9-3-1-5-11(12-9)15-8-10-4-2-6-14-10/h1-6,13H,7-8H2. The Balaban J connectivity index is 1.98. The molecule has 0 atom stereocenters. The second kappa shape index (κ2) is 4.61. The number of furan rings is 1. The molecule has 0 bridgehead atoms. The van der Waals surface area contributed by atoms with Gasteiger partial charge in [0, 0.05) is 6.07 Å². The van der Waals surface area contributed by atoms with Gasteiger partial charge >= 0.3 is 0 Å². The lowest BCUT2D eigenvalue weighted by molar-refractivity contribution is 0.251. The molecule has 0 saturated carbocycles. The Kier molecular flexibility index (Phi) is 2.99. The Hall–Kier alpha value is -1.81. The van der Waals surface area contributed by atoms with Crippen LogP contribution in [0.3, 0.4) is 0 Å². The van der Waals surface area contributed by atoms with Crippen molar-refractivity contribution in [2.24, 2.45) is 0 Å². The van der Waals surface area contributed by atoms with Crippen LogP contribution in [-0.2, 0) is 13.2 Å². The smallest absolute Gasteiger partial charge is 0.213 e. The molecule has 2 aromatic rings. The number of hydrogen-bond donors (Lipinski definition) is 1. The highest BCUT2D eigenvalue weighted by atomic mass is 16.5. The summed E-state index contributed by atoms with van der Waals surface area (Å²) < 4.78 is 10.5. The predicted molar refractivity (Wildman–Crippen MR) is 53.2 cm³/mol. The molecule has 2 rings (SSSR count). The molecule has 0 amide bonds. The Bertz CT molecular complexity index is 412. The zero-order chi connectivity index (χ0) is 10.5. The molecule has 0 aromatic carbocycles. The molecule has 4 nitrogen and oxygen atoms in total. The molecule has 78 valence electrons. The lowest BCUT2D eigenvalue weighted by Crippen LogP contribution is -1.97. The molecule has 2 heterocycles. The fraction of sp³-hybridized carbons (Fsp3) is 0.182. The van der Waals surface area contributed by atoms with E-state index in [4.69, 9.17) is 14.3 Å². The second-order valence-electron chi connectivity index (χ2n) is 2.99. The highest BCUT2D eigenvalue weighted by Gasteiger charge is 2.00. The molecule has 0 spiro atoms. The van der Waals surface area contributed by atoms with Gasteiger partial charge in [0.1, 0.15) is 12.4 Å². The van der Waals surface area contributed by atoms with E-state index in [1.165, 1.54) is 0 Å². The van der Waals surface area contributed by atoms with Crippen molar-refractivity contribution >= 4 is 0 Å². The minimum Gasteiger partial charge on any atom is -0.469 e. The second-order valence-corrected chi connectivity index (χ2v) is 2.99. The summed E-state index contributed by atoms with van der Waals surface area (Å²) in [5.41, 5.74) is 0.590. The van der Waals surface area contributed by atoms with Gasteiger partial charge in [-0.1, -0.05) is 6.07 Å². The normalized spacial score (nSPS) is 10.2. The summed E-state index contributed by atoms with van der Waals surface area (Å²) in [6.45, 7) is 0.257. The molecular formula is C11H11NO3. The maximum Gasteiger partial charge on any atom is 0.213 e. The summed E-state index contributed by atoms with van der Waals surface area (Å²) in [6, 6.07) is 8.89. The summed E-state index contributed by atoms with van der Waals surface area (Å²) in [5.74, 6) is 1.23. The Labute approximate surface area is 87.1 Å². The molecular weight excluding hydrogens is 194 g/mol. The molecule has 0 aliphatic rings. The number of ether oxygens (including phenoxy) is 1. The minimum absolute atomic E-state index is 0.0854. The Morgan fingerprint density at radius 2 is 2.20 bits per heavy atom. The molecule has 0 radical (unpaired) electrons. The third-order valence-corrected chi connectivity index (χ3v) is 1.89. The van der Waals surface area contributed by atoms with Gasteiger partial charge in [-0.25, -0.2) is 4.98 Å². The molecule has 0 unspecified atom stereocenters. The number of aliphatic hydroxyl groups excluding tert-OH is 1. The van der Waals surface area contributed by atoms with Crippen molar-refractivity contribution in [3.63, 3.8) is 0 Å². The molecule has 15 heavy (non-hydrogen) atoms. The number of pyridine rings is 1. The van der Waals surface area contributed by atoms with E-state index in [0.717, 1.165) is 5.76 Å². The zero-order valence-electron chi connectivity index (χ0n) is 8.09. The van der Waals surface area contributed by atoms with Gasteiger partial charge in [-0.2, -0.15) is 0 Å². The monoisotopic (exact) mass is 205 g/mol. The number of nitrogens with zero attached hydrogens (tertiary/aromatic N) is 1. The lowest BCUT2D eigenvalue weighted by atomic mass is 10.4. The lowest BCUT2D eigenvalue weighted by Gasteiger charge is -2.03. The van der Waals surface area contributed by atoms with Crippen LogP contribution in [0.2, 0.25) is 0 Å². The quantitative estimate of drug-likeness (QED) is 0.826. The topological polar surface area (TPSA) is 55.5 Å². The number of aliphatic hydroxyl groups is 1. The minimum atomic E-state index is -0.0854. The van der Waals surface area contributed by atoms with Crippen LogP contribution in [0.4, 0.5) is 0 Å². The first-order valence-corrected chi connectivity index (χ1v) is 4.60. The van der Waals surface area contributed by atoms with Crippen LogP contribution in [0, 0.1) is 0 Å². The van der Waals surface area contributed by atoms with Crippen molar-refractivity contribution in [3.05, 3.63) is 48.0 Å². The molecule has 0 aliphatic carbocycles. The molecule has 1 N–H and O–H groups in total. The zero-order valence-corrected chi connectivity index (χ0v) is 8.09. The number of rotatable bonds is 4. The van der Waals surface area contributed by atoms with Crippen LogP contribution >= 0.6 is 0 Å². The summed E-state index contributed by atoms with van der Waals surface area (Å²) in [7, 11) is 0. The van der Waals surface area contributed by atoms with Crippen LogP contribution in [0.1, 0.15) is 11.5 Å². The molecule has 0 saturated heterocycles. The SMILES string of the molecule is OCc1cccc(OCc2ccco2)n1. The van der Waals surface area contributed by atoms with Crippen molar-refractivity contribution in [2.45, 2.75) is 13.2 Å². The van der Waals surface area contributed by atoms with Crippen LogP contribution in [0.5, 0.6) is 5.88 Å². The average Bonchev–Trinajstić information content (AvgIpc) is 2.79. The molecule has 0 fully saturated rings. The third kappa shape index (κ3) is 2.57. The van der Waals surface area contributed by atoms with Crippen molar-refractivity contribution in [1.82, 2.24) is 4.98 Å². The van der Waals surface area contributed by atoms with E-state index >= 15 is 0 Å². The average molecular weight is 205 g/mol. The van der Waals surface area contributed by atoms with Gasteiger partial charge in [-0.3, -0.25) is 0 Å². The Morgan fingerprint density at radius 3 is 2.93 bits per heavy atom. The van der Waals surface area contributed by atoms with Gasteiger partial charge in [0.2, 0.25) is 5.88 Å². The highest BCUT2D eigenvalue weighted by Crippen LogP contribution is 2.10. The highest BCUT2D eigenvalue weighted by molar-refractivity contribution is 5.15. The van der Waals surface area contributed by atoms with Gasteiger partial charge in [0.25, 0.3) is 0 Å². The van der Waals surface area contributed by atoms with E-state index in [2.05, 4.69) is 4.98 Å². The first-order valence-electron chi connectivity index (χ1n) is 4.60. The fourth-order valence-electron chi connectivity index (χ4n) is 1.17. The van der Waals surface area contributed by atoms with E-state index in [9.17, 15) is 0 Å². The van der Waals surface area contributed by atoms with Gasteiger partial charge in [-0.05, 0) is 18.2 Å². The van der Waals surface area contributed by atoms with Gasteiger partial charge < -0.3 is 14.3 Å². The molecule has 4 heteroatoms. The van der Waals surface area contributed by atoms with Crippen LogP contribution in [0.25, 0.3) is 0 Å². The number of hydrogen-bond acceptors (Lipinski definition) is 4. The van der Waals surface area contributed by atoms with E-state index in [-0.39, 0.29) is 6.61 Å². The van der Waals surface area contributed by atoms with Gasteiger partial charge in [0.15, 0.2) is 0 Å². The maximum absolute atomic E-state index is 8.88.